The number of rotatable bonds is 6. The predicted molar refractivity (Wildman–Crippen MR) is 109 cm³/mol. The molecule has 1 atom stereocenters. The van der Waals surface area contributed by atoms with Crippen LogP contribution in [0.25, 0.3) is 17.1 Å². The maximum atomic E-state index is 13.1. The first-order valence-electron chi connectivity index (χ1n) is 9.50. The number of carbonyl (C=O) groups excluding carboxylic acids is 1. The van der Waals surface area contributed by atoms with Crippen LogP contribution in [0.15, 0.2) is 65.3 Å². The topological polar surface area (TPSA) is 85.8 Å². The van der Waals surface area contributed by atoms with Crippen LogP contribution in [0.2, 0.25) is 0 Å². The normalized spacial score (nSPS) is 12.0. The van der Waals surface area contributed by atoms with Crippen molar-refractivity contribution in [1.29, 1.82) is 0 Å². The lowest BCUT2D eigenvalue weighted by Gasteiger charge is -2.11. The van der Waals surface area contributed by atoms with E-state index in [1.165, 1.54) is 12.1 Å². The van der Waals surface area contributed by atoms with Crippen LogP contribution in [0, 0.1) is 12.7 Å². The molecule has 7 nitrogen and oxygen atoms in total. The van der Waals surface area contributed by atoms with Gasteiger partial charge in [-0.2, -0.15) is 10.1 Å². The van der Waals surface area contributed by atoms with E-state index in [-0.39, 0.29) is 23.5 Å². The van der Waals surface area contributed by atoms with Crippen molar-refractivity contribution in [2.45, 2.75) is 19.8 Å². The molecular weight excluding hydrogens is 385 g/mol. The summed E-state index contributed by atoms with van der Waals surface area (Å²) in [4.78, 5) is 16.6. The van der Waals surface area contributed by atoms with Crippen LogP contribution < -0.4 is 5.32 Å². The Labute approximate surface area is 172 Å². The third-order valence-electron chi connectivity index (χ3n) is 4.79. The Morgan fingerprint density at radius 3 is 2.63 bits per heavy atom. The van der Waals surface area contributed by atoms with Crippen LogP contribution >= 0.6 is 0 Å². The molecule has 1 N–H and O–H groups in total. The smallest absolute Gasteiger partial charge is 0.316 e. The lowest BCUT2D eigenvalue weighted by molar-refractivity contribution is 0.0908. The summed E-state index contributed by atoms with van der Waals surface area (Å²) in [7, 11) is 0. The van der Waals surface area contributed by atoms with Crippen molar-refractivity contribution in [2.75, 3.05) is 6.54 Å². The van der Waals surface area contributed by atoms with Crippen LogP contribution in [0.3, 0.4) is 0 Å². The van der Waals surface area contributed by atoms with Gasteiger partial charge < -0.3 is 9.84 Å². The van der Waals surface area contributed by atoms with Crippen LogP contribution in [-0.4, -0.2) is 32.4 Å². The summed E-state index contributed by atoms with van der Waals surface area (Å²) in [5, 5.41) is 11.1. The highest BCUT2D eigenvalue weighted by Crippen LogP contribution is 2.22. The number of nitrogens with one attached hydrogen (secondary N) is 1. The Bertz CT molecular complexity index is 1150. The standard InChI is InChI=1S/C22H20FN5O2/c1-14(16-6-4-3-5-7-16)12-24-21(29)22-25-20(27-30-22)19-13-28(26-15(19)2)18-10-8-17(23)9-11-18/h3-11,13-14H,12H2,1-2H3,(H,24,29). The number of carbonyl (C=O) groups is 1. The van der Waals surface area contributed by atoms with Crippen LogP contribution in [-0.2, 0) is 0 Å². The molecule has 0 saturated heterocycles. The van der Waals surface area contributed by atoms with Gasteiger partial charge in [-0.15, -0.1) is 0 Å². The Hall–Kier alpha value is -3.81. The number of nitrogens with zero attached hydrogens (tertiary/aromatic N) is 4. The Morgan fingerprint density at radius 2 is 1.90 bits per heavy atom. The summed E-state index contributed by atoms with van der Waals surface area (Å²) >= 11 is 0. The van der Waals surface area contributed by atoms with Crippen molar-refractivity contribution in [3.63, 3.8) is 0 Å². The highest BCUT2D eigenvalue weighted by molar-refractivity contribution is 5.89. The van der Waals surface area contributed by atoms with E-state index in [0.717, 1.165) is 5.56 Å². The summed E-state index contributed by atoms with van der Waals surface area (Å²) in [5.41, 5.74) is 3.11. The molecule has 0 saturated carbocycles. The molecule has 1 unspecified atom stereocenters. The first-order valence-corrected chi connectivity index (χ1v) is 9.50. The fraction of sp³-hybridized carbons (Fsp3) is 0.182. The Morgan fingerprint density at radius 1 is 1.17 bits per heavy atom. The number of benzene rings is 2. The van der Waals surface area contributed by atoms with Crippen molar-refractivity contribution in [3.05, 3.63) is 83.8 Å². The molecule has 0 aliphatic rings. The molecule has 0 bridgehead atoms. The zero-order chi connectivity index (χ0) is 21.1. The average Bonchev–Trinajstić information content (AvgIpc) is 3.40. The molecule has 2 aromatic heterocycles. The molecule has 8 heteroatoms. The largest absolute Gasteiger partial charge is 0.347 e. The second kappa shape index (κ2) is 8.28. The highest BCUT2D eigenvalue weighted by Gasteiger charge is 2.20. The fourth-order valence-corrected chi connectivity index (χ4v) is 3.05. The molecule has 2 heterocycles. The van der Waals surface area contributed by atoms with E-state index in [1.807, 2.05) is 37.3 Å². The Kier molecular flexibility index (Phi) is 5.38. The van der Waals surface area contributed by atoms with Gasteiger partial charge in [0, 0.05) is 12.7 Å². The van der Waals surface area contributed by atoms with Crippen molar-refractivity contribution >= 4 is 5.91 Å². The molecule has 30 heavy (non-hydrogen) atoms. The summed E-state index contributed by atoms with van der Waals surface area (Å²) in [6.07, 6.45) is 1.71. The van der Waals surface area contributed by atoms with Crippen molar-refractivity contribution < 1.29 is 13.7 Å². The monoisotopic (exact) mass is 405 g/mol. The molecule has 0 spiro atoms. The van der Waals surface area contributed by atoms with Gasteiger partial charge in [0.2, 0.25) is 5.82 Å². The second-order valence-electron chi connectivity index (χ2n) is 6.99. The molecule has 0 aliphatic heterocycles. The lowest BCUT2D eigenvalue weighted by atomic mass is 10.0. The van der Waals surface area contributed by atoms with Gasteiger partial charge in [-0.25, -0.2) is 9.07 Å². The first kappa shape index (κ1) is 19.5. The quantitative estimate of drug-likeness (QED) is 0.526. The van der Waals surface area contributed by atoms with E-state index in [4.69, 9.17) is 4.52 Å². The van der Waals surface area contributed by atoms with Gasteiger partial charge in [-0.3, -0.25) is 4.79 Å². The van der Waals surface area contributed by atoms with E-state index in [0.29, 0.717) is 23.5 Å². The summed E-state index contributed by atoms with van der Waals surface area (Å²) in [5.74, 6) is -0.451. The molecule has 0 radical (unpaired) electrons. The van der Waals surface area contributed by atoms with Gasteiger partial charge in [0.25, 0.3) is 0 Å². The van der Waals surface area contributed by atoms with Crippen LogP contribution in [0.5, 0.6) is 0 Å². The van der Waals surface area contributed by atoms with Crippen molar-refractivity contribution in [3.8, 4) is 17.1 Å². The van der Waals surface area contributed by atoms with E-state index >= 15 is 0 Å². The maximum absolute atomic E-state index is 13.1. The van der Waals surface area contributed by atoms with Crippen molar-refractivity contribution in [2.24, 2.45) is 0 Å². The molecule has 4 rings (SSSR count). The van der Waals surface area contributed by atoms with Gasteiger partial charge >= 0.3 is 11.8 Å². The van der Waals surface area contributed by atoms with Crippen molar-refractivity contribution in [1.82, 2.24) is 25.2 Å². The van der Waals surface area contributed by atoms with Crippen LogP contribution in [0.4, 0.5) is 4.39 Å². The number of hydrogen-bond acceptors (Lipinski definition) is 5. The zero-order valence-corrected chi connectivity index (χ0v) is 16.5. The first-order chi connectivity index (χ1) is 14.5. The van der Waals surface area contributed by atoms with Gasteiger partial charge in [0.15, 0.2) is 0 Å². The number of aryl methyl sites for hydroxylation is 1. The molecule has 1 amide bonds. The lowest BCUT2D eigenvalue weighted by Crippen LogP contribution is -2.27. The SMILES string of the molecule is Cc1nn(-c2ccc(F)cc2)cc1-c1noc(C(=O)NCC(C)c2ccccc2)n1. The zero-order valence-electron chi connectivity index (χ0n) is 16.5. The number of amides is 1. The average molecular weight is 405 g/mol. The molecule has 2 aromatic carbocycles. The Balaban J connectivity index is 1.46. The predicted octanol–water partition coefficient (Wildman–Crippen LogP) is 3.90. The highest BCUT2D eigenvalue weighted by atomic mass is 19.1. The summed E-state index contributed by atoms with van der Waals surface area (Å²) < 4.78 is 19.9. The third-order valence-corrected chi connectivity index (χ3v) is 4.79. The van der Waals surface area contributed by atoms with E-state index in [1.54, 1.807) is 29.9 Å². The number of halogens is 1. The van der Waals surface area contributed by atoms with Gasteiger partial charge in [-0.05, 0) is 42.7 Å². The fourth-order valence-electron chi connectivity index (χ4n) is 3.05. The second-order valence-corrected chi connectivity index (χ2v) is 6.99. The summed E-state index contributed by atoms with van der Waals surface area (Å²) in [6.45, 7) is 4.27. The van der Waals surface area contributed by atoms with E-state index in [2.05, 4.69) is 20.6 Å². The van der Waals surface area contributed by atoms with Gasteiger partial charge in [0.1, 0.15) is 5.82 Å². The number of hydrogen-bond donors (Lipinski definition) is 1. The molecule has 152 valence electrons. The van der Waals surface area contributed by atoms with Gasteiger partial charge in [-0.1, -0.05) is 42.4 Å². The van der Waals surface area contributed by atoms with Gasteiger partial charge in [0.05, 0.1) is 16.9 Å². The molecule has 0 fully saturated rings. The minimum atomic E-state index is -0.430. The van der Waals surface area contributed by atoms with E-state index in [9.17, 15) is 9.18 Å². The van der Waals surface area contributed by atoms with E-state index < -0.39 is 5.91 Å². The minimum absolute atomic E-state index is 0.112. The van der Waals surface area contributed by atoms with Crippen LogP contribution in [0.1, 0.15) is 34.8 Å². The maximum Gasteiger partial charge on any atom is 0.316 e. The summed E-state index contributed by atoms with van der Waals surface area (Å²) in [6, 6.07) is 15.9. The molecular formula is C22H20FN5O2. The molecule has 0 aliphatic carbocycles. The minimum Gasteiger partial charge on any atom is -0.347 e. The molecule has 4 aromatic rings. The number of aromatic nitrogens is 4. The third kappa shape index (κ3) is 4.12.